The molecule has 0 aromatic heterocycles. The number of aromatic hydroxyl groups is 1. The van der Waals surface area contributed by atoms with E-state index in [1.807, 2.05) is 6.07 Å². The third-order valence-electron chi connectivity index (χ3n) is 4.17. The van der Waals surface area contributed by atoms with E-state index in [-0.39, 0.29) is 5.25 Å². The molecule has 0 amide bonds. The molecule has 2 aromatic rings. The second kappa shape index (κ2) is 8.78. The number of rotatable bonds is 7. The molecule has 0 saturated heterocycles. The molecule has 3 atom stereocenters. The minimum absolute atomic E-state index is 0.202. The van der Waals surface area contributed by atoms with Gasteiger partial charge in [-0.15, -0.1) is 0 Å². The zero-order chi connectivity index (χ0) is 17.7. The molecule has 0 saturated carbocycles. The van der Waals surface area contributed by atoms with Gasteiger partial charge in [-0.3, -0.25) is 0 Å². The molecule has 130 valence electrons. The highest BCUT2D eigenvalue weighted by atomic mass is 32.1. The summed E-state index contributed by atoms with van der Waals surface area (Å²) in [5.74, 6) is 1.15. The van der Waals surface area contributed by atoms with Crippen LogP contribution in [0, 0.1) is 6.92 Å². The quantitative estimate of drug-likeness (QED) is 0.500. The third kappa shape index (κ3) is 4.68. The molecule has 0 aliphatic heterocycles. The van der Waals surface area contributed by atoms with Crippen molar-refractivity contribution in [2.45, 2.75) is 44.5 Å². The van der Waals surface area contributed by atoms with Crippen molar-refractivity contribution in [3.8, 4) is 11.5 Å². The molecule has 0 aliphatic rings. The second-order valence-corrected chi connectivity index (χ2v) is 8.48. The highest BCUT2D eigenvalue weighted by molar-refractivity contribution is 7.80. The first kappa shape index (κ1) is 19.1. The molecule has 2 rings (SSSR count). The maximum absolute atomic E-state index is 10.4. The van der Waals surface area contributed by atoms with Crippen LogP contribution in [0.5, 0.6) is 11.5 Å². The summed E-state index contributed by atoms with van der Waals surface area (Å²) in [6.07, 6.45) is 2.11. The summed E-state index contributed by atoms with van der Waals surface area (Å²) in [4.78, 5) is 0. The van der Waals surface area contributed by atoms with Gasteiger partial charge in [-0.25, -0.2) is 0 Å². The fraction of sp³-hybridized carbons (Fsp3) is 0.400. The summed E-state index contributed by atoms with van der Waals surface area (Å²) in [5, 5.41) is 11.9. The van der Waals surface area contributed by atoms with Crippen molar-refractivity contribution in [3.63, 3.8) is 0 Å². The normalized spacial score (nSPS) is 14.0. The lowest BCUT2D eigenvalue weighted by atomic mass is 10.1. The third-order valence-corrected chi connectivity index (χ3v) is 6.17. The van der Waals surface area contributed by atoms with Crippen molar-refractivity contribution in [3.05, 3.63) is 53.1 Å². The van der Waals surface area contributed by atoms with Crippen LogP contribution in [-0.2, 0) is 0 Å². The molecule has 2 aromatic carbocycles. The highest BCUT2D eigenvalue weighted by Gasteiger charge is 2.19. The lowest BCUT2D eigenvalue weighted by Crippen LogP contribution is -2.08. The summed E-state index contributed by atoms with van der Waals surface area (Å²) < 4.78 is 5.35. The van der Waals surface area contributed by atoms with Crippen LogP contribution in [0.3, 0.4) is 0 Å². The predicted molar refractivity (Wildman–Crippen MR) is 109 cm³/mol. The molecule has 1 N–H and O–H groups in total. The SMILES string of the molecule is CCCC(Pc1ccc(C)cc1C(C)S)c1cc(OC)ccc1O. The minimum atomic E-state index is 0.202. The van der Waals surface area contributed by atoms with Gasteiger partial charge < -0.3 is 9.84 Å². The molecule has 0 radical (unpaired) electrons. The van der Waals surface area contributed by atoms with Crippen molar-refractivity contribution in [1.82, 2.24) is 0 Å². The summed E-state index contributed by atoms with van der Waals surface area (Å²) in [5.41, 5.74) is 3.82. The van der Waals surface area contributed by atoms with Gasteiger partial charge in [-0.1, -0.05) is 45.7 Å². The second-order valence-electron chi connectivity index (χ2n) is 6.18. The number of benzene rings is 2. The van der Waals surface area contributed by atoms with Gasteiger partial charge in [0.1, 0.15) is 11.5 Å². The van der Waals surface area contributed by atoms with Crippen LogP contribution < -0.4 is 10.0 Å². The molecule has 24 heavy (non-hydrogen) atoms. The standard InChI is InChI=1S/C20H27O2PS/c1-5-6-19(17-12-15(22-4)8-9-18(17)21)23-20-10-7-13(2)11-16(20)14(3)24/h7-12,14,19,21,23-24H,5-6H2,1-4H3. The van der Waals surface area contributed by atoms with E-state index in [1.54, 1.807) is 19.2 Å². The van der Waals surface area contributed by atoms with Crippen molar-refractivity contribution >= 4 is 26.5 Å². The summed E-state index contributed by atoms with van der Waals surface area (Å²) >= 11 is 4.65. The van der Waals surface area contributed by atoms with Crippen LogP contribution in [-0.4, -0.2) is 12.2 Å². The van der Waals surface area contributed by atoms with Crippen molar-refractivity contribution < 1.29 is 9.84 Å². The maximum Gasteiger partial charge on any atom is 0.119 e. The summed E-state index contributed by atoms with van der Waals surface area (Å²) in [7, 11) is 2.26. The van der Waals surface area contributed by atoms with Crippen LogP contribution >= 0.6 is 21.2 Å². The number of thiol groups is 1. The van der Waals surface area contributed by atoms with Crippen molar-refractivity contribution in [2.24, 2.45) is 0 Å². The molecular weight excluding hydrogens is 335 g/mol. The Hall–Kier alpha value is -1.18. The van der Waals surface area contributed by atoms with Gasteiger partial charge in [0.2, 0.25) is 0 Å². The van der Waals surface area contributed by atoms with Gasteiger partial charge in [-0.2, -0.15) is 12.6 Å². The Bertz CT molecular complexity index is 685. The average molecular weight is 362 g/mol. The van der Waals surface area contributed by atoms with Crippen LogP contribution in [0.1, 0.15) is 54.3 Å². The number of phenols is 1. The van der Waals surface area contributed by atoms with Crippen molar-refractivity contribution in [2.75, 3.05) is 7.11 Å². The Balaban J connectivity index is 2.40. The van der Waals surface area contributed by atoms with E-state index >= 15 is 0 Å². The highest BCUT2D eigenvalue weighted by Crippen LogP contribution is 2.44. The van der Waals surface area contributed by atoms with E-state index in [1.165, 1.54) is 16.4 Å². The lowest BCUT2D eigenvalue weighted by Gasteiger charge is -2.22. The van der Waals surface area contributed by atoms with Crippen LogP contribution in [0.2, 0.25) is 0 Å². The number of hydrogen-bond donors (Lipinski definition) is 2. The molecule has 0 heterocycles. The van der Waals surface area contributed by atoms with E-state index in [0.29, 0.717) is 20.0 Å². The van der Waals surface area contributed by atoms with Gasteiger partial charge in [0.25, 0.3) is 0 Å². The van der Waals surface area contributed by atoms with E-state index in [9.17, 15) is 5.11 Å². The fourth-order valence-electron chi connectivity index (χ4n) is 2.88. The average Bonchev–Trinajstić information content (AvgIpc) is 2.56. The Morgan fingerprint density at radius 2 is 1.92 bits per heavy atom. The lowest BCUT2D eigenvalue weighted by molar-refractivity contribution is 0.410. The Morgan fingerprint density at radius 3 is 2.54 bits per heavy atom. The molecule has 0 spiro atoms. The fourth-order valence-corrected chi connectivity index (χ4v) is 5.04. The van der Waals surface area contributed by atoms with E-state index < -0.39 is 0 Å². The molecule has 3 unspecified atom stereocenters. The smallest absolute Gasteiger partial charge is 0.119 e. The Morgan fingerprint density at radius 1 is 1.17 bits per heavy atom. The molecule has 0 bridgehead atoms. The maximum atomic E-state index is 10.4. The molecule has 4 heteroatoms. The van der Waals surface area contributed by atoms with E-state index in [2.05, 4.69) is 51.6 Å². The van der Waals surface area contributed by atoms with Gasteiger partial charge in [-0.05, 0) is 49.3 Å². The topological polar surface area (TPSA) is 29.5 Å². The van der Waals surface area contributed by atoms with Gasteiger partial charge >= 0.3 is 0 Å². The van der Waals surface area contributed by atoms with Crippen molar-refractivity contribution in [1.29, 1.82) is 0 Å². The number of methoxy groups -OCH3 is 1. The largest absolute Gasteiger partial charge is 0.508 e. The van der Waals surface area contributed by atoms with Crippen LogP contribution in [0.25, 0.3) is 0 Å². The first-order valence-corrected chi connectivity index (χ1v) is 9.97. The predicted octanol–water partition coefficient (Wildman–Crippen LogP) is 5.55. The first-order valence-electron chi connectivity index (χ1n) is 8.38. The Labute approximate surface area is 152 Å². The van der Waals surface area contributed by atoms with Gasteiger partial charge in [0.05, 0.1) is 7.11 Å². The number of ether oxygens (including phenoxy) is 1. The Kier molecular flexibility index (Phi) is 7.01. The molecule has 0 fully saturated rings. The van der Waals surface area contributed by atoms with E-state index in [0.717, 1.165) is 24.2 Å². The first-order chi connectivity index (χ1) is 11.5. The van der Waals surface area contributed by atoms with Gasteiger partial charge in [0, 0.05) is 16.5 Å². The molecular formula is C20H27O2PS. The number of phenolic OH excluding ortho intramolecular Hbond substituents is 1. The number of hydrogen-bond acceptors (Lipinski definition) is 3. The molecule has 0 aliphatic carbocycles. The minimum Gasteiger partial charge on any atom is -0.508 e. The molecule has 2 nitrogen and oxygen atoms in total. The zero-order valence-electron chi connectivity index (χ0n) is 14.8. The summed E-state index contributed by atoms with van der Waals surface area (Å²) in [6.45, 7) is 6.42. The zero-order valence-corrected chi connectivity index (χ0v) is 16.7. The number of aryl methyl sites for hydroxylation is 1. The monoisotopic (exact) mass is 362 g/mol. The van der Waals surface area contributed by atoms with Crippen LogP contribution in [0.15, 0.2) is 36.4 Å². The van der Waals surface area contributed by atoms with Gasteiger partial charge in [0.15, 0.2) is 0 Å². The van der Waals surface area contributed by atoms with E-state index in [4.69, 9.17) is 4.74 Å². The summed E-state index contributed by atoms with van der Waals surface area (Å²) in [6, 6.07) is 12.1. The van der Waals surface area contributed by atoms with Crippen LogP contribution in [0.4, 0.5) is 0 Å².